The summed E-state index contributed by atoms with van der Waals surface area (Å²) in [4.78, 5) is 2.61. The van der Waals surface area contributed by atoms with Crippen LogP contribution in [0, 0.1) is 0 Å². The van der Waals surface area contributed by atoms with Crippen molar-refractivity contribution >= 4 is 0 Å². The first-order valence-corrected chi connectivity index (χ1v) is 7.70. The summed E-state index contributed by atoms with van der Waals surface area (Å²) in [6.07, 6.45) is 3.66. The summed E-state index contributed by atoms with van der Waals surface area (Å²) in [5.74, 6) is 0. The zero-order valence-electron chi connectivity index (χ0n) is 13.1. The molecule has 2 N–H and O–H groups in total. The van der Waals surface area contributed by atoms with Crippen molar-refractivity contribution in [2.75, 3.05) is 32.7 Å². The SMILES string of the molecule is CCC(CC)(CC)NCC(C)(C)N1CCNCC1. The number of hydrogen-bond donors (Lipinski definition) is 2. The fourth-order valence-electron chi connectivity index (χ4n) is 2.91. The van der Waals surface area contributed by atoms with Gasteiger partial charge in [-0.2, -0.15) is 0 Å². The van der Waals surface area contributed by atoms with E-state index in [-0.39, 0.29) is 5.54 Å². The Morgan fingerprint density at radius 2 is 1.50 bits per heavy atom. The number of hydrogen-bond acceptors (Lipinski definition) is 3. The summed E-state index contributed by atoms with van der Waals surface area (Å²) in [6, 6.07) is 0. The van der Waals surface area contributed by atoms with Crippen molar-refractivity contribution in [1.82, 2.24) is 15.5 Å². The number of piperazine rings is 1. The molecule has 0 spiro atoms. The Morgan fingerprint density at radius 3 is 1.94 bits per heavy atom. The molecule has 3 nitrogen and oxygen atoms in total. The van der Waals surface area contributed by atoms with Gasteiger partial charge in [0.05, 0.1) is 0 Å². The zero-order valence-corrected chi connectivity index (χ0v) is 13.1. The van der Waals surface area contributed by atoms with Gasteiger partial charge in [-0.15, -0.1) is 0 Å². The van der Waals surface area contributed by atoms with Gasteiger partial charge in [0.15, 0.2) is 0 Å². The molecule has 0 aromatic heterocycles. The molecular weight excluding hydrogens is 222 g/mol. The maximum absolute atomic E-state index is 3.86. The summed E-state index contributed by atoms with van der Waals surface area (Å²) < 4.78 is 0. The van der Waals surface area contributed by atoms with E-state index in [1.807, 2.05) is 0 Å². The van der Waals surface area contributed by atoms with Gasteiger partial charge in [-0.25, -0.2) is 0 Å². The van der Waals surface area contributed by atoms with Crippen LogP contribution in [0.5, 0.6) is 0 Å². The summed E-state index contributed by atoms with van der Waals surface area (Å²) in [5, 5.41) is 7.29. The van der Waals surface area contributed by atoms with Crippen molar-refractivity contribution in [3.63, 3.8) is 0 Å². The van der Waals surface area contributed by atoms with Gasteiger partial charge < -0.3 is 10.6 Å². The molecule has 1 aliphatic rings. The highest BCUT2D eigenvalue weighted by molar-refractivity contribution is 4.92. The standard InChI is InChI=1S/C15H33N3/c1-6-15(7-2,8-3)17-13-14(4,5)18-11-9-16-10-12-18/h16-17H,6-13H2,1-5H3. The lowest BCUT2D eigenvalue weighted by molar-refractivity contribution is 0.0900. The molecule has 0 unspecified atom stereocenters. The number of nitrogens with zero attached hydrogens (tertiary/aromatic N) is 1. The largest absolute Gasteiger partial charge is 0.314 e. The highest BCUT2D eigenvalue weighted by Crippen LogP contribution is 2.22. The van der Waals surface area contributed by atoms with Crippen LogP contribution < -0.4 is 10.6 Å². The van der Waals surface area contributed by atoms with Gasteiger partial charge in [0, 0.05) is 43.8 Å². The summed E-state index contributed by atoms with van der Waals surface area (Å²) >= 11 is 0. The molecule has 108 valence electrons. The van der Waals surface area contributed by atoms with E-state index in [1.54, 1.807) is 0 Å². The van der Waals surface area contributed by atoms with Crippen LogP contribution in [0.4, 0.5) is 0 Å². The van der Waals surface area contributed by atoms with E-state index >= 15 is 0 Å². The van der Waals surface area contributed by atoms with E-state index in [1.165, 1.54) is 32.4 Å². The fourth-order valence-corrected chi connectivity index (χ4v) is 2.91. The molecule has 0 aliphatic carbocycles. The Balaban J connectivity index is 2.53. The molecule has 0 saturated carbocycles. The van der Waals surface area contributed by atoms with Gasteiger partial charge in [0.2, 0.25) is 0 Å². The Kier molecular flexibility index (Phi) is 6.09. The summed E-state index contributed by atoms with van der Waals surface area (Å²) in [5.41, 5.74) is 0.595. The Hall–Kier alpha value is -0.120. The quantitative estimate of drug-likeness (QED) is 0.730. The lowest BCUT2D eigenvalue weighted by Crippen LogP contribution is -2.59. The first-order chi connectivity index (χ1) is 8.49. The van der Waals surface area contributed by atoms with Crippen LogP contribution in [0.1, 0.15) is 53.9 Å². The minimum atomic E-state index is 0.257. The normalized spacial score (nSPS) is 19.2. The first kappa shape index (κ1) is 15.9. The molecule has 1 aliphatic heterocycles. The van der Waals surface area contributed by atoms with Crippen molar-refractivity contribution in [2.24, 2.45) is 0 Å². The lowest BCUT2D eigenvalue weighted by atomic mass is 9.88. The highest BCUT2D eigenvalue weighted by atomic mass is 15.3. The molecule has 18 heavy (non-hydrogen) atoms. The monoisotopic (exact) mass is 255 g/mol. The van der Waals surface area contributed by atoms with Gasteiger partial charge >= 0.3 is 0 Å². The molecule has 0 aromatic rings. The first-order valence-electron chi connectivity index (χ1n) is 7.70. The number of nitrogens with one attached hydrogen (secondary N) is 2. The van der Waals surface area contributed by atoms with Crippen LogP contribution in [-0.4, -0.2) is 48.7 Å². The number of rotatable bonds is 7. The van der Waals surface area contributed by atoms with E-state index in [2.05, 4.69) is 50.2 Å². The topological polar surface area (TPSA) is 27.3 Å². The third-order valence-corrected chi connectivity index (χ3v) is 4.90. The summed E-state index contributed by atoms with van der Waals surface area (Å²) in [7, 11) is 0. The second-order valence-corrected chi connectivity index (χ2v) is 6.24. The lowest BCUT2D eigenvalue weighted by Gasteiger charge is -2.44. The second-order valence-electron chi connectivity index (χ2n) is 6.24. The van der Waals surface area contributed by atoms with Crippen molar-refractivity contribution < 1.29 is 0 Å². The van der Waals surface area contributed by atoms with Gasteiger partial charge in [0.25, 0.3) is 0 Å². The van der Waals surface area contributed by atoms with E-state index in [0.717, 1.165) is 19.6 Å². The van der Waals surface area contributed by atoms with Gasteiger partial charge in [-0.3, -0.25) is 4.90 Å². The second kappa shape index (κ2) is 6.88. The highest BCUT2D eigenvalue weighted by Gasteiger charge is 2.31. The van der Waals surface area contributed by atoms with Crippen LogP contribution in [-0.2, 0) is 0 Å². The maximum atomic E-state index is 3.86. The van der Waals surface area contributed by atoms with Crippen molar-refractivity contribution in [1.29, 1.82) is 0 Å². The molecule has 3 heteroatoms. The Morgan fingerprint density at radius 1 is 1.00 bits per heavy atom. The Labute approximate surface area is 114 Å². The van der Waals surface area contributed by atoms with Crippen molar-refractivity contribution in [3.8, 4) is 0 Å². The smallest absolute Gasteiger partial charge is 0.0278 e. The third-order valence-electron chi connectivity index (χ3n) is 4.90. The average molecular weight is 255 g/mol. The van der Waals surface area contributed by atoms with E-state index in [0.29, 0.717) is 5.54 Å². The van der Waals surface area contributed by atoms with Crippen LogP contribution in [0.25, 0.3) is 0 Å². The van der Waals surface area contributed by atoms with Crippen LogP contribution in [0.2, 0.25) is 0 Å². The predicted octanol–water partition coefficient (Wildman–Crippen LogP) is 2.23. The Bertz CT molecular complexity index is 220. The molecule has 1 saturated heterocycles. The molecule has 0 aromatic carbocycles. The van der Waals surface area contributed by atoms with Crippen molar-refractivity contribution in [2.45, 2.75) is 65.0 Å². The molecule has 1 heterocycles. The van der Waals surface area contributed by atoms with Gasteiger partial charge in [0.1, 0.15) is 0 Å². The van der Waals surface area contributed by atoms with E-state index in [9.17, 15) is 0 Å². The predicted molar refractivity (Wildman–Crippen MR) is 80.1 cm³/mol. The van der Waals surface area contributed by atoms with E-state index in [4.69, 9.17) is 0 Å². The third kappa shape index (κ3) is 3.94. The molecule has 1 fully saturated rings. The fraction of sp³-hybridized carbons (Fsp3) is 1.00. The molecule has 1 rings (SSSR count). The van der Waals surface area contributed by atoms with Gasteiger partial charge in [-0.1, -0.05) is 20.8 Å². The summed E-state index contributed by atoms with van der Waals surface area (Å²) in [6.45, 7) is 17.3. The van der Waals surface area contributed by atoms with Gasteiger partial charge in [-0.05, 0) is 33.1 Å². The van der Waals surface area contributed by atoms with E-state index < -0.39 is 0 Å². The zero-order chi connectivity index (χ0) is 13.6. The molecule has 0 radical (unpaired) electrons. The minimum Gasteiger partial charge on any atom is -0.314 e. The van der Waals surface area contributed by atoms with Crippen molar-refractivity contribution in [3.05, 3.63) is 0 Å². The minimum absolute atomic E-state index is 0.257. The molecule has 0 atom stereocenters. The molecular formula is C15H33N3. The average Bonchev–Trinajstić information content (AvgIpc) is 2.42. The van der Waals surface area contributed by atoms with Crippen LogP contribution in [0.15, 0.2) is 0 Å². The maximum Gasteiger partial charge on any atom is 0.0278 e. The molecule has 0 bridgehead atoms. The van der Waals surface area contributed by atoms with Crippen LogP contribution in [0.3, 0.4) is 0 Å². The molecule has 0 amide bonds. The van der Waals surface area contributed by atoms with Crippen LogP contribution >= 0.6 is 0 Å².